The van der Waals surface area contributed by atoms with Gasteiger partial charge in [0.2, 0.25) is 5.91 Å². The number of carbonyl (C=O) groups is 1. The molecule has 0 spiro atoms. The number of amides is 1. The van der Waals surface area contributed by atoms with Crippen molar-refractivity contribution in [3.05, 3.63) is 71.0 Å². The summed E-state index contributed by atoms with van der Waals surface area (Å²) < 4.78 is 19.1. The van der Waals surface area contributed by atoms with Gasteiger partial charge in [0.05, 0.1) is 11.2 Å². The zero-order valence-electron chi connectivity index (χ0n) is 13.6. The van der Waals surface area contributed by atoms with Crippen LogP contribution in [0, 0.1) is 12.7 Å². The lowest BCUT2D eigenvalue weighted by Crippen LogP contribution is -2.12. The van der Waals surface area contributed by atoms with Crippen LogP contribution in [0.4, 0.5) is 10.1 Å². The minimum Gasteiger partial charge on any atom is -0.441 e. The molecule has 0 aliphatic carbocycles. The van der Waals surface area contributed by atoms with Crippen LogP contribution in [-0.2, 0) is 11.2 Å². The topological polar surface area (TPSA) is 55.1 Å². The molecule has 6 heteroatoms. The Balaban J connectivity index is 1.59. The molecule has 0 aliphatic heterocycles. The summed E-state index contributed by atoms with van der Waals surface area (Å²) in [5.74, 6) is 0.414. The molecule has 1 amide bonds. The molecule has 128 valence electrons. The van der Waals surface area contributed by atoms with Gasteiger partial charge in [-0.15, -0.1) is 0 Å². The number of nitrogens with one attached hydrogen (secondary N) is 1. The molecule has 0 fully saturated rings. The second-order valence-corrected chi connectivity index (χ2v) is 6.02. The van der Waals surface area contributed by atoms with Crippen LogP contribution in [0.1, 0.15) is 17.9 Å². The van der Waals surface area contributed by atoms with Gasteiger partial charge < -0.3 is 9.73 Å². The smallest absolute Gasteiger partial charge is 0.224 e. The highest BCUT2D eigenvalue weighted by Gasteiger charge is 2.11. The van der Waals surface area contributed by atoms with Crippen molar-refractivity contribution in [3.8, 4) is 11.3 Å². The van der Waals surface area contributed by atoms with E-state index < -0.39 is 0 Å². The lowest BCUT2D eigenvalue weighted by molar-refractivity contribution is -0.116. The van der Waals surface area contributed by atoms with Gasteiger partial charge in [-0.1, -0.05) is 29.8 Å². The molecule has 0 unspecified atom stereocenters. The Morgan fingerprint density at radius 2 is 2.08 bits per heavy atom. The van der Waals surface area contributed by atoms with Crippen LogP contribution in [0.25, 0.3) is 11.3 Å². The van der Waals surface area contributed by atoms with Gasteiger partial charge in [-0.2, -0.15) is 0 Å². The van der Waals surface area contributed by atoms with Crippen LogP contribution in [0.5, 0.6) is 0 Å². The molecule has 0 saturated heterocycles. The molecule has 0 aliphatic rings. The number of carbonyl (C=O) groups excluding carboxylic acids is 1. The maximum absolute atomic E-state index is 13.5. The van der Waals surface area contributed by atoms with E-state index in [1.165, 1.54) is 6.07 Å². The first kappa shape index (κ1) is 17.2. The second-order valence-electron chi connectivity index (χ2n) is 5.61. The van der Waals surface area contributed by atoms with Gasteiger partial charge in [0.15, 0.2) is 11.7 Å². The highest BCUT2D eigenvalue weighted by atomic mass is 35.5. The monoisotopic (exact) mass is 358 g/mol. The van der Waals surface area contributed by atoms with E-state index in [9.17, 15) is 9.18 Å². The first-order valence-electron chi connectivity index (χ1n) is 7.78. The van der Waals surface area contributed by atoms with Gasteiger partial charge in [-0.05, 0) is 36.8 Å². The van der Waals surface area contributed by atoms with Gasteiger partial charge in [0, 0.05) is 24.1 Å². The average molecular weight is 359 g/mol. The summed E-state index contributed by atoms with van der Waals surface area (Å²) in [6.07, 6.45) is 2.10. The number of hydrogen-bond acceptors (Lipinski definition) is 3. The standard InChI is InChI=1S/C19H16ClFN2O2/c1-12-6-7-13(10-16(12)21)23-18(24)8-9-19-22-11-17(25-19)14-4-2-3-5-15(14)20/h2-7,10-11H,8-9H2,1H3,(H,23,24). The first-order chi connectivity index (χ1) is 12.0. The average Bonchev–Trinajstić information content (AvgIpc) is 3.05. The molecular weight excluding hydrogens is 343 g/mol. The van der Waals surface area contributed by atoms with Gasteiger partial charge >= 0.3 is 0 Å². The largest absolute Gasteiger partial charge is 0.441 e. The fourth-order valence-corrected chi connectivity index (χ4v) is 2.55. The number of aryl methyl sites for hydroxylation is 2. The Kier molecular flexibility index (Phi) is 5.14. The molecule has 2 aromatic carbocycles. The van der Waals surface area contributed by atoms with Crippen LogP contribution in [0.3, 0.4) is 0 Å². The number of anilines is 1. The molecule has 0 radical (unpaired) electrons. The van der Waals surface area contributed by atoms with Crippen LogP contribution >= 0.6 is 11.6 Å². The predicted octanol–water partition coefficient (Wildman–Crippen LogP) is 5.01. The van der Waals surface area contributed by atoms with E-state index in [0.29, 0.717) is 34.3 Å². The summed E-state index contributed by atoms with van der Waals surface area (Å²) in [6.45, 7) is 1.67. The van der Waals surface area contributed by atoms with Crippen LogP contribution in [-0.4, -0.2) is 10.9 Å². The number of oxazole rings is 1. The molecule has 3 rings (SSSR count). The first-order valence-corrected chi connectivity index (χ1v) is 8.16. The fourth-order valence-electron chi connectivity index (χ4n) is 2.33. The molecule has 3 aromatic rings. The fraction of sp³-hybridized carbons (Fsp3) is 0.158. The van der Waals surface area contributed by atoms with Crippen molar-refractivity contribution in [3.63, 3.8) is 0 Å². The molecule has 1 N–H and O–H groups in total. The normalized spacial score (nSPS) is 10.7. The SMILES string of the molecule is Cc1ccc(NC(=O)CCc2ncc(-c3ccccc3Cl)o2)cc1F. The molecule has 0 saturated carbocycles. The Hall–Kier alpha value is -2.66. The number of rotatable bonds is 5. The highest BCUT2D eigenvalue weighted by Crippen LogP contribution is 2.28. The summed E-state index contributed by atoms with van der Waals surface area (Å²) in [5.41, 5.74) is 1.71. The minimum atomic E-state index is -0.352. The molecule has 0 atom stereocenters. The summed E-state index contributed by atoms with van der Waals surface area (Å²) in [5, 5.41) is 3.23. The number of aromatic nitrogens is 1. The second kappa shape index (κ2) is 7.49. The van der Waals surface area contributed by atoms with Crippen molar-refractivity contribution in [2.24, 2.45) is 0 Å². The molecule has 1 aromatic heterocycles. The van der Waals surface area contributed by atoms with Crippen molar-refractivity contribution < 1.29 is 13.6 Å². The molecule has 0 bridgehead atoms. The van der Waals surface area contributed by atoms with Gasteiger partial charge in [0.1, 0.15) is 5.82 Å². The number of nitrogens with zero attached hydrogens (tertiary/aromatic N) is 1. The van der Waals surface area contributed by atoms with E-state index in [0.717, 1.165) is 5.56 Å². The van der Waals surface area contributed by atoms with Gasteiger partial charge in [-0.25, -0.2) is 9.37 Å². The van der Waals surface area contributed by atoms with Crippen LogP contribution in [0.15, 0.2) is 53.1 Å². The number of halogens is 2. The van der Waals surface area contributed by atoms with E-state index in [1.54, 1.807) is 31.3 Å². The van der Waals surface area contributed by atoms with E-state index in [4.69, 9.17) is 16.0 Å². The zero-order chi connectivity index (χ0) is 17.8. The van der Waals surface area contributed by atoms with Crippen molar-refractivity contribution in [1.29, 1.82) is 0 Å². The van der Waals surface area contributed by atoms with Crippen molar-refractivity contribution >= 4 is 23.2 Å². The van der Waals surface area contributed by atoms with Crippen molar-refractivity contribution in [2.75, 3.05) is 5.32 Å². The van der Waals surface area contributed by atoms with Gasteiger partial charge in [-0.3, -0.25) is 4.79 Å². The number of hydrogen-bond donors (Lipinski definition) is 1. The van der Waals surface area contributed by atoms with Crippen molar-refractivity contribution in [2.45, 2.75) is 19.8 Å². The Morgan fingerprint density at radius 3 is 2.84 bits per heavy atom. The third-order valence-electron chi connectivity index (χ3n) is 3.71. The van der Waals surface area contributed by atoms with Gasteiger partial charge in [0.25, 0.3) is 0 Å². The van der Waals surface area contributed by atoms with E-state index in [2.05, 4.69) is 10.3 Å². The van der Waals surface area contributed by atoms with E-state index >= 15 is 0 Å². The Bertz CT molecular complexity index is 908. The lowest BCUT2D eigenvalue weighted by atomic mass is 10.2. The Morgan fingerprint density at radius 1 is 1.28 bits per heavy atom. The lowest BCUT2D eigenvalue weighted by Gasteiger charge is -2.05. The third kappa shape index (κ3) is 4.25. The summed E-state index contributed by atoms with van der Waals surface area (Å²) in [4.78, 5) is 16.2. The number of benzene rings is 2. The summed E-state index contributed by atoms with van der Waals surface area (Å²) >= 11 is 6.13. The van der Waals surface area contributed by atoms with Crippen LogP contribution < -0.4 is 5.32 Å². The molecule has 1 heterocycles. The van der Waals surface area contributed by atoms with Crippen molar-refractivity contribution in [1.82, 2.24) is 4.98 Å². The quantitative estimate of drug-likeness (QED) is 0.697. The van der Waals surface area contributed by atoms with E-state index in [-0.39, 0.29) is 18.1 Å². The predicted molar refractivity (Wildman–Crippen MR) is 95.0 cm³/mol. The summed E-state index contributed by atoms with van der Waals surface area (Å²) in [6, 6.07) is 11.9. The minimum absolute atomic E-state index is 0.179. The zero-order valence-corrected chi connectivity index (χ0v) is 14.3. The Labute approximate surface area is 149 Å². The molecular formula is C19H16ClFN2O2. The summed E-state index contributed by atoms with van der Waals surface area (Å²) in [7, 11) is 0. The van der Waals surface area contributed by atoms with Crippen LogP contribution in [0.2, 0.25) is 5.02 Å². The maximum Gasteiger partial charge on any atom is 0.224 e. The maximum atomic E-state index is 13.5. The molecule has 25 heavy (non-hydrogen) atoms. The van der Waals surface area contributed by atoms with E-state index in [1.807, 2.05) is 18.2 Å². The third-order valence-corrected chi connectivity index (χ3v) is 4.04. The molecule has 4 nitrogen and oxygen atoms in total. The highest BCUT2D eigenvalue weighted by molar-refractivity contribution is 6.33.